The number of hydrogen-bond donors (Lipinski definition) is 1. The Balaban J connectivity index is 2.98. The van der Waals surface area contributed by atoms with Crippen molar-refractivity contribution in [3.8, 4) is 0 Å². The van der Waals surface area contributed by atoms with Crippen LogP contribution in [-0.2, 0) is 0 Å². The molecule has 0 saturated heterocycles. The quantitative estimate of drug-likeness (QED) is 0.741. The smallest absolute Gasteiger partial charge is 0.257 e. The van der Waals surface area contributed by atoms with E-state index in [4.69, 9.17) is 0 Å². The molecule has 0 aromatic carbocycles. The van der Waals surface area contributed by atoms with Crippen molar-refractivity contribution in [2.24, 2.45) is 0 Å². The molecule has 1 N–H and O–H groups in total. The fraction of sp³-hybridized carbons (Fsp3) is 0. The Hall–Kier alpha value is -1.16. The summed E-state index contributed by atoms with van der Waals surface area (Å²) in [7, 11) is 0. The molecular formula is C8H5BrN2O. The summed E-state index contributed by atoms with van der Waals surface area (Å²) >= 11 is 3.25. The number of nitrogens with zero attached hydrogens (tertiary/aromatic N) is 1. The van der Waals surface area contributed by atoms with Gasteiger partial charge in [0.05, 0.1) is 10.9 Å². The first kappa shape index (κ1) is 7.49. The van der Waals surface area contributed by atoms with Crippen LogP contribution in [0.25, 0.3) is 10.9 Å². The third-order valence-corrected chi connectivity index (χ3v) is 2.02. The van der Waals surface area contributed by atoms with E-state index >= 15 is 0 Å². The standard InChI is InChI=1S/C8H5BrN2O/c9-5-3-6-7(11-4-5)1-2-10-8(6)12/h1-4H,(H,10,12). The van der Waals surface area contributed by atoms with Gasteiger partial charge in [-0.15, -0.1) is 0 Å². The monoisotopic (exact) mass is 224 g/mol. The second-order valence-electron chi connectivity index (χ2n) is 2.39. The van der Waals surface area contributed by atoms with Gasteiger partial charge in [0.2, 0.25) is 0 Å². The zero-order chi connectivity index (χ0) is 8.55. The number of rotatable bonds is 0. The minimum absolute atomic E-state index is 0.110. The zero-order valence-electron chi connectivity index (χ0n) is 6.04. The normalized spacial score (nSPS) is 10.4. The third-order valence-electron chi connectivity index (χ3n) is 1.59. The Morgan fingerprint density at radius 3 is 3.17 bits per heavy atom. The average molecular weight is 225 g/mol. The maximum absolute atomic E-state index is 11.2. The molecule has 0 radical (unpaired) electrons. The molecule has 2 aromatic heterocycles. The van der Waals surface area contributed by atoms with E-state index in [-0.39, 0.29) is 5.56 Å². The molecule has 2 heterocycles. The molecule has 0 saturated carbocycles. The fourth-order valence-corrected chi connectivity index (χ4v) is 1.37. The molecule has 0 spiro atoms. The molecule has 0 aliphatic rings. The highest BCUT2D eigenvalue weighted by molar-refractivity contribution is 9.10. The van der Waals surface area contributed by atoms with Crippen LogP contribution in [0.4, 0.5) is 0 Å². The summed E-state index contributed by atoms with van der Waals surface area (Å²) in [5, 5.41) is 0.604. The molecule has 0 atom stereocenters. The molecule has 4 heteroatoms. The van der Waals surface area contributed by atoms with Crippen LogP contribution in [0.1, 0.15) is 0 Å². The van der Waals surface area contributed by atoms with E-state index in [1.165, 1.54) is 0 Å². The van der Waals surface area contributed by atoms with Crippen LogP contribution in [0, 0.1) is 0 Å². The SMILES string of the molecule is O=c1[nH]ccc2ncc(Br)cc12. The summed E-state index contributed by atoms with van der Waals surface area (Å²) in [6.45, 7) is 0. The first-order chi connectivity index (χ1) is 5.77. The van der Waals surface area contributed by atoms with Gasteiger partial charge in [0.1, 0.15) is 0 Å². The van der Waals surface area contributed by atoms with Gasteiger partial charge < -0.3 is 4.98 Å². The molecule has 0 amide bonds. The molecular weight excluding hydrogens is 220 g/mol. The number of pyridine rings is 2. The largest absolute Gasteiger partial charge is 0.328 e. The van der Waals surface area contributed by atoms with Crippen LogP contribution in [0.15, 0.2) is 33.8 Å². The Bertz CT molecular complexity index is 478. The Kier molecular flexibility index (Phi) is 1.69. The van der Waals surface area contributed by atoms with Gasteiger partial charge in [-0.3, -0.25) is 9.78 Å². The van der Waals surface area contributed by atoms with Crippen LogP contribution in [0.2, 0.25) is 0 Å². The van der Waals surface area contributed by atoms with Crippen molar-refractivity contribution in [1.29, 1.82) is 0 Å². The maximum atomic E-state index is 11.2. The van der Waals surface area contributed by atoms with Gasteiger partial charge in [0, 0.05) is 16.9 Å². The lowest BCUT2D eigenvalue weighted by Gasteiger charge is -1.94. The first-order valence-electron chi connectivity index (χ1n) is 3.40. The Labute approximate surface area is 76.6 Å². The van der Waals surface area contributed by atoms with Gasteiger partial charge in [0.15, 0.2) is 0 Å². The van der Waals surface area contributed by atoms with Crippen LogP contribution in [0.5, 0.6) is 0 Å². The van der Waals surface area contributed by atoms with Gasteiger partial charge >= 0.3 is 0 Å². The lowest BCUT2D eigenvalue weighted by atomic mass is 10.3. The van der Waals surface area contributed by atoms with Gasteiger partial charge in [-0.05, 0) is 28.1 Å². The molecule has 0 fully saturated rings. The molecule has 0 aliphatic carbocycles. The second kappa shape index (κ2) is 2.71. The minimum atomic E-state index is -0.110. The highest BCUT2D eigenvalue weighted by atomic mass is 79.9. The van der Waals surface area contributed by atoms with Crippen molar-refractivity contribution in [2.75, 3.05) is 0 Å². The number of halogens is 1. The molecule has 0 unspecified atom stereocenters. The van der Waals surface area contributed by atoms with Crippen LogP contribution < -0.4 is 5.56 Å². The number of fused-ring (bicyclic) bond motifs is 1. The molecule has 60 valence electrons. The maximum Gasteiger partial charge on any atom is 0.257 e. The number of hydrogen-bond acceptors (Lipinski definition) is 2. The predicted molar refractivity (Wildman–Crippen MR) is 50.1 cm³/mol. The van der Waals surface area contributed by atoms with Gasteiger partial charge in [-0.1, -0.05) is 0 Å². The Morgan fingerprint density at radius 2 is 2.33 bits per heavy atom. The van der Waals surface area contributed by atoms with Gasteiger partial charge in [0.25, 0.3) is 5.56 Å². The number of H-pyrrole nitrogens is 1. The summed E-state index contributed by atoms with van der Waals surface area (Å²) in [6, 6.07) is 3.52. The summed E-state index contributed by atoms with van der Waals surface area (Å²) in [4.78, 5) is 17.9. The third kappa shape index (κ3) is 1.14. The zero-order valence-corrected chi connectivity index (χ0v) is 7.63. The predicted octanol–water partition coefficient (Wildman–Crippen LogP) is 1.69. The molecule has 2 aromatic rings. The van der Waals surface area contributed by atoms with E-state index < -0.39 is 0 Å². The highest BCUT2D eigenvalue weighted by Gasteiger charge is 1.98. The van der Waals surface area contributed by atoms with E-state index in [9.17, 15) is 4.79 Å². The molecule has 2 rings (SSSR count). The van der Waals surface area contributed by atoms with E-state index in [1.54, 1.807) is 24.5 Å². The summed E-state index contributed by atoms with van der Waals surface area (Å²) in [5.41, 5.74) is 0.600. The molecule has 12 heavy (non-hydrogen) atoms. The van der Waals surface area contributed by atoms with Crippen molar-refractivity contribution >= 4 is 26.8 Å². The van der Waals surface area contributed by atoms with Crippen molar-refractivity contribution in [2.45, 2.75) is 0 Å². The fourth-order valence-electron chi connectivity index (χ4n) is 1.04. The summed E-state index contributed by atoms with van der Waals surface area (Å²) in [6.07, 6.45) is 3.26. The van der Waals surface area contributed by atoms with Crippen LogP contribution in [0.3, 0.4) is 0 Å². The van der Waals surface area contributed by atoms with E-state index in [0.29, 0.717) is 10.9 Å². The van der Waals surface area contributed by atoms with Crippen molar-refractivity contribution < 1.29 is 0 Å². The number of aromatic nitrogens is 2. The van der Waals surface area contributed by atoms with Crippen LogP contribution in [-0.4, -0.2) is 9.97 Å². The van der Waals surface area contributed by atoms with E-state index in [2.05, 4.69) is 25.9 Å². The Morgan fingerprint density at radius 1 is 1.50 bits per heavy atom. The van der Waals surface area contributed by atoms with Gasteiger partial charge in [-0.25, -0.2) is 0 Å². The van der Waals surface area contributed by atoms with Crippen molar-refractivity contribution in [3.63, 3.8) is 0 Å². The van der Waals surface area contributed by atoms with E-state index in [1.807, 2.05) is 0 Å². The molecule has 0 aliphatic heterocycles. The van der Waals surface area contributed by atoms with Crippen molar-refractivity contribution in [1.82, 2.24) is 9.97 Å². The number of aromatic amines is 1. The van der Waals surface area contributed by atoms with Gasteiger partial charge in [-0.2, -0.15) is 0 Å². The summed E-state index contributed by atoms with van der Waals surface area (Å²) in [5.74, 6) is 0. The first-order valence-corrected chi connectivity index (χ1v) is 4.19. The van der Waals surface area contributed by atoms with Crippen LogP contribution >= 0.6 is 15.9 Å². The summed E-state index contributed by atoms with van der Waals surface area (Å²) < 4.78 is 0.812. The molecule has 0 bridgehead atoms. The van der Waals surface area contributed by atoms with Crippen molar-refractivity contribution in [3.05, 3.63) is 39.4 Å². The lowest BCUT2D eigenvalue weighted by molar-refractivity contribution is 1.25. The minimum Gasteiger partial charge on any atom is -0.328 e. The topological polar surface area (TPSA) is 45.8 Å². The highest BCUT2D eigenvalue weighted by Crippen LogP contribution is 2.12. The molecule has 3 nitrogen and oxygen atoms in total. The average Bonchev–Trinajstić information content (AvgIpc) is 2.07. The second-order valence-corrected chi connectivity index (χ2v) is 3.31. The van der Waals surface area contributed by atoms with E-state index in [0.717, 1.165) is 4.47 Å². The lowest BCUT2D eigenvalue weighted by Crippen LogP contribution is -2.04. The number of nitrogens with one attached hydrogen (secondary N) is 1.